The van der Waals surface area contributed by atoms with Gasteiger partial charge in [0.05, 0.1) is 16.7 Å². The van der Waals surface area contributed by atoms with E-state index < -0.39 is 0 Å². The van der Waals surface area contributed by atoms with Crippen LogP contribution < -0.4 is 0 Å². The van der Waals surface area contributed by atoms with Crippen molar-refractivity contribution >= 4 is 21.8 Å². The Balaban J connectivity index is 1.43. The van der Waals surface area contributed by atoms with Crippen LogP contribution in [0.15, 0.2) is 134 Å². The Morgan fingerprint density at radius 3 is 1.66 bits per heavy atom. The summed E-state index contributed by atoms with van der Waals surface area (Å²) < 4.78 is 0. The van der Waals surface area contributed by atoms with E-state index >= 15 is 0 Å². The van der Waals surface area contributed by atoms with Gasteiger partial charge >= 0.3 is 0 Å². The van der Waals surface area contributed by atoms with Crippen LogP contribution in [0.4, 0.5) is 0 Å². The summed E-state index contributed by atoms with van der Waals surface area (Å²) >= 11 is 0. The molecule has 0 N–H and O–H groups in total. The minimum absolute atomic E-state index is 0.602. The lowest BCUT2D eigenvalue weighted by Crippen LogP contribution is -1.94. The van der Waals surface area contributed by atoms with Crippen LogP contribution >= 0.6 is 0 Å². The molecule has 0 radical (unpaired) electrons. The monoisotopic (exact) mass is 486 g/mol. The van der Waals surface area contributed by atoms with Crippen molar-refractivity contribution in [2.75, 3.05) is 0 Å². The number of rotatable bonds is 4. The summed E-state index contributed by atoms with van der Waals surface area (Å²) in [6.07, 6.45) is 3.47. The highest BCUT2D eigenvalue weighted by atomic mass is 14.9. The van der Waals surface area contributed by atoms with Crippen LogP contribution in [-0.2, 0) is 0 Å². The van der Waals surface area contributed by atoms with E-state index in [-0.39, 0.29) is 0 Å². The molecule has 7 aromatic rings. The van der Waals surface area contributed by atoms with Crippen LogP contribution in [-0.4, -0.2) is 19.9 Å². The van der Waals surface area contributed by atoms with Crippen LogP contribution in [0.2, 0.25) is 0 Å². The summed E-state index contributed by atoms with van der Waals surface area (Å²) in [7, 11) is 0. The minimum atomic E-state index is 0.602. The predicted molar refractivity (Wildman–Crippen MR) is 154 cm³/mol. The van der Waals surface area contributed by atoms with Gasteiger partial charge < -0.3 is 0 Å². The number of pyridine rings is 2. The molecule has 4 aromatic carbocycles. The largest absolute Gasteiger partial charge is 0.245 e. The van der Waals surface area contributed by atoms with Gasteiger partial charge in [-0.3, -0.25) is 0 Å². The van der Waals surface area contributed by atoms with Crippen LogP contribution in [0, 0.1) is 0 Å². The summed E-state index contributed by atoms with van der Waals surface area (Å²) in [5, 5.41) is 2.08. The second-order valence-corrected chi connectivity index (χ2v) is 9.17. The van der Waals surface area contributed by atoms with Gasteiger partial charge in [-0.15, -0.1) is 0 Å². The van der Waals surface area contributed by atoms with E-state index in [2.05, 4.69) is 107 Å². The first kappa shape index (κ1) is 22.0. The topological polar surface area (TPSA) is 51.6 Å². The minimum Gasteiger partial charge on any atom is -0.245 e. The summed E-state index contributed by atoms with van der Waals surface area (Å²) in [6.45, 7) is 0. The standard InChI is InChI=1S/C34H22N4/c1-3-8-23(9-4-1)27-14-17-28(29(22-27)24-10-5-2-6-11-24)30-18-15-25-12-13-26-16-19-31(34-35-20-7-21-36-34)38-33(26)32(25)37-30/h1-22H. The molecule has 0 spiro atoms. The lowest BCUT2D eigenvalue weighted by Gasteiger charge is -2.14. The maximum Gasteiger partial charge on any atom is 0.178 e. The normalized spacial score (nSPS) is 11.2. The third-order valence-corrected chi connectivity index (χ3v) is 6.80. The molecular weight excluding hydrogens is 464 g/mol. The summed E-state index contributed by atoms with van der Waals surface area (Å²) in [5.41, 5.74) is 9.09. The second kappa shape index (κ2) is 9.34. The van der Waals surface area contributed by atoms with E-state index in [0.717, 1.165) is 49.9 Å². The second-order valence-electron chi connectivity index (χ2n) is 9.17. The lowest BCUT2D eigenvalue weighted by atomic mass is 9.92. The fraction of sp³-hybridized carbons (Fsp3) is 0. The molecule has 4 nitrogen and oxygen atoms in total. The quantitative estimate of drug-likeness (QED) is 0.235. The van der Waals surface area contributed by atoms with E-state index in [1.54, 1.807) is 18.5 Å². The Bertz CT molecular complexity index is 1900. The number of nitrogens with zero attached hydrogens (tertiary/aromatic N) is 4. The van der Waals surface area contributed by atoms with Crippen molar-refractivity contribution < 1.29 is 0 Å². The molecule has 0 atom stereocenters. The highest BCUT2D eigenvalue weighted by Gasteiger charge is 2.14. The molecular formula is C34H22N4. The Labute approximate surface area is 220 Å². The zero-order valence-electron chi connectivity index (χ0n) is 20.5. The van der Waals surface area contributed by atoms with Crippen molar-refractivity contribution in [3.05, 3.63) is 134 Å². The van der Waals surface area contributed by atoms with E-state index in [1.807, 2.05) is 18.2 Å². The van der Waals surface area contributed by atoms with Crippen LogP contribution in [0.1, 0.15) is 0 Å². The Hall–Kier alpha value is -5.22. The molecule has 0 unspecified atom stereocenters. The third-order valence-electron chi connectivity index (χ3n) is 6.80. The molecule has 3 heterocycles. The number of benzene rings is 4. The smallest absolute Gasteiger partial charge is 0.178 e. The van der Waals surface area contributed by atoms with Crippen LogP contribution in [0.5, 0.6) is 0 Å². The van der Waals surface area contributed by atoms with E-state index in [4.69, 9.17) is 9.97 Å². The van der Waals surface area contributed by atoms with Crippen LogP contribution in [0.25, 0.3) is 66.8 Å². The molecule has 0 saturated heterocycles. The van der Waals surface area contributed by atoms with Crippen molar-refractivity contribution in [3.8, 4) is 45.0 Å². The zero-order chi connectivity index (χ0) is 25.3. The maximum atomic E-state index is 5.19. The van der Waals surface area contributed by atoms with Gasteiger partial charge in [0, 0.05) is 28.7 Å². The summed E-state index contributed by atoms with van der Waals surface area (Å²) in [6, 6.07) is 41.8. The first-order chi connectivity index (χ1) is 18.8. The first-order valence-electron chi connectivity index (χ1n) is 12.6. The van der Waals surface area contributed by atoms with E-state index in [9.17, 15) is 0 Å². The number of fused-ring (bicyclic) bond motifs is 3. The Morgan fingerprint density at radius 2 is 0.974 bits per heavy atom. The number of hydrogen-bond donors (Lipinski definition) is 0. The summed E-state index contributed by atoms with van der Waals surface area (Å²) in [4.78, 5) is 18.9. The predicted octanol–water partition coefficient (Wildman–Crippen LogP) is 8.24. The number of aromatic nitrogens is 4. The Morgan fingerprint density at radius 1 is 0.395 bits per heavy atom. The molecule has 0 aliphatic heterocycles. The molecule has 178 valence electrons. The van der Waals surface area contributed by atoms with Crippen molar-refractivity contribution in [2.45, 2.75) is 0 Å². The molecule has 0 amide bonds. The molecule has 3 aromatic heterocycles. The first-order valence-corrected chi connectivity index (χ1v) is 12.6. The van der Waals surface area contributed by atoms with Crippen molar-refractivity contribution in [1.82, 2.24) is 19.9 Å². The van der Waals surface area contributed by atoms with E-state index in [1.165, 1.54) is 11.1 Å². The SMILES string of the molecule is c1ccc(-c2ccc(-c3ccc4ccc5ccc(-c6ncccn6)nc5c4n3)c(-c3ccccc3)c2)cc1. The van der Waals surface area contributed by atoms with Gasteiger partial charge in [0.15, 0.2) is 5.82 Å². The van der Waals surface area contributed by atoms with Gasteiger partial charge in [0.1, 0.15) is 5.69 Å². The Kier molecular flexibility index (Phi) is 5.41. The highest BCUT2D eigenvalue weighted by molar-refractivity contribution is 6.04. The van der Waals surface area contributed by atoms with Crippen molar-refractivity contribution in [3.63, 3.8) is 0 Å². The average Bonchev–Trinajstić information content (AvgIpc) is 3.01. The fourth-order valence-electron chi connectivity index (χ4n) is 4.91. The molecule has 0 aliphatic carbocycles. The zero-order valence-corrected chi connectivity index (χ0v) is 20.5. The molecule has 0 saturated carbocycles. The molecule has 0 bridgehead atoms. The van der Waals surface area contributed by atoms with Crippen molar-refractivity contribution in [1.29, 1.82) is 0 Å². The molecule has 0 fully saturated rings. The van der Waals surface area contributed by atoms with Crippen LogP contribution in [0.3, 0.4) is 0 Å². The van der Waals surface area contributed by atoms with Crippen molar-refractivity contribution in [2.24, 2.45) is 0 Å². The maximum absolute atomic E-state index is 5.19. The summed E-state index contributed by atoms with van der Waals surface area (Å²) in [5.74, 6) is 0.602. The third kappa shape index (κ3) is 3.98. The average molecular weight is 487 g/mol. The fourth-order valence-corrected chi connectivity index (χ4v) is 4.91. The molecule has 0 aliphatic rings. The van der Waals surface area contributed by atoms with Gasteiger partial charge in [-0.2, -0.15) is 0 Å². The molecule has 38 heavy (non-hydrogen) atoms. The van der Waals surface area contributed by atoms with Gasteiger partial charge in [-0.25, -0.2) is 19.9 Å². The van der Waals surface area contributed by atoms with Gasteiger partial charge in [-0.05, 0) is 46.5 Å². The molecule has 7 rings (SSSR count). The molecule has 4 heteroatoms. The van der Waals surface area contributed by atoms with Gasteiger partial charge in [-0.1, -0.05) is 97.1 Å². The highest BCUT2D eigenvalue weighted by Crippen LogP contribution is 2.36. The number of hydrogen-bond acceptors (Lipinski definition) is 4. The lowest BCUT2D eigenvalue weighted by molar-refractivity contribution is 1.15. The van der Waals surface area contributed by atoms with Gasteiger partial charge in [0.2, 0.25) is 0 Å². The van der Waals surface area contributed by atoms with Gasteiger partial charge in [0.25, 0.3) is 0 Å². The van der Waals surface area contributed by atoms with E-state index in [0.29, 0.717) is 5.82 Å².